The highest BCUT2D eigenvalue weighted by Crippen LogP contribution is 2.24. The first-order chi connectivity index (χ1) is 34.0. The van der Waals surface area contributed by atoms with E-state index in [1.807, 2.05) is 0 Å². The quantitative estimate of drug-likeness (QED) is 0.0196. The van der Waals surface area contributed by atoms with Gasteiger partial charge in [-0.15, -0.1) is 0 Å². The number of unbranched alkanes of at least 4 members (excludes halogenated alkanes) is 31. The fourth-order valence-corrected chi connectivity index (χ4v) is 9.45. The molecule has 0 aliphatic carbocycles. The SMILES string of the molecule is CCCCCCC/C=C\C/C=C\CCCCCCCCCCCCCC(=O)OC(COC(=O)CCCCCCCCCCC/C=C\CCCCCCCC)COC1OC(CS(=O)(=O)O)C(O)C(O)C1O. The summed E-state index contributed by atoms with van der Waals surface area (Å²) < 4.78 is 54.4. The van der Waals surface area contributed by atoms with Crippen LogP contribution >= 0.6 is 0 Å². The summed E-state index contributed by atoms with van der Waals surface area (Å²) in [6.07, 6.45) is 47.5. The number of carbonyl (C=O) groups excluding carboxylic acids is 2. The Kier molecular flexibility index (Phi) is 43.9. The number of aliphatic hydroxyl groups is 3. The normalized spacial score (nSPS) is 19.2. The molecular weight excluding hydrogens is 909 g/mol. The van der Waals surface area contributed by atoms with Gasteiger partial charge in [-0.2, -0.15) is 8.42 Å². The van der Waals surface area contributed by atoms with E-state index in [0.29, 0.717) is 12.8 Å². The zero-order valence-corrected chi connectivity index (χ0v) is 45.2. The van der Waals surface area contributed by atoms with Crippen molar-refractivity contribution in [3.05, 3.63) is 36.5 Å². The van der Waals surface area contributed by atoms with E-state index >= 15 is 0 Å². The highest BCUT2D eigenvalue weighted by atomic mass is 32.2. The van der Waals surface area contributed by atoms with Crippen LogP contribution in [-0.2, 0) is 38.7 Å². The van der Waals surface area contributed by atoms with Crippen molar-refractivity contribution in [2.75, 3.05) is 19.0 Å². The molecule has 410 valence electrons. The topological polar surface area (TPSA) is 186 Å². The lowest BCUT2D eigenvalue weighted by Crippen LogP contribution is -2.60. The van der Waals surface area contributed by atoms with Gasteiger partial charge >= 0.3 is 11.9 Å². The molecule has 1 aliphatic heterocycles. The van der Waals surface area contributed by atoms with Crippen LogP contribution in [0.2, 0.25) is 0 Å². The molecule has 0 aromatic rings. The molecule has 0 radical (unpaired) electrons. The Balaban J connectivity index is 2.32. The maximum Gasteiger partial charge on any atom is 0.306 e. The van der Waals surface area contributed by atoms with E-state index in [-0.39, 0.29) is 19.4 Å². The zero-order chi connectivity index (χ0) is 51.2. The van der Waals surface area contributed by atoms with Crippen molar-refractivity contribution in [3.63, 3.8) is 0 Å². The third-order valence-corrected chi connectivity index (χ3v) is 13.9. The van der Waals surface area contributed by atoms with Gasteiger partial charge in [0.1, 0.15) is 36.8 Å². The van der Waals surface area contributed by atoms with Crippen LogP contribution in [0.15, 0.2) is 36.5 Å². The fourth-order valence-electron chi connectivity index (χ4n) is 8.76. The van der Waals surface area contributed by atoms with Crippen LogP contribution in [0.5, 0.6) is 0 Å². The summed E-state index contributed by atoms with van der Waals surface area (Å²) in [7, 11) is -4.61. The molecule has 70 heavy (non-hydrogen) atoms. The maximum absolute atomic E-state index is 12.9. The van der Waals surface area contributed by atoms with Gasteiger partial charge in [-0.3, -0.25) is 14.1 Å². The van der Waals surface area contributed by atoms with E-state index in [1.54, 1.807) is 0 Å². The van der Waals surface area contributed by atoms with Gasteiger partial charge in [-0.1, -0.05) is 211 Å². The average Bonchev–Trinajstić information content (AvgIpc) is 3.33. The van der Waals surface area contributed by atoms with Gasteiger partial charge in [0.25, 0.3) is 10.1 Å². The van der Waals surface area contributed by atoms with Gasteiger partial charge in [-0.05, 0) is 70.6 Å². The van der Waals surface area contributed by atoms with Gasteiger partial charge in [0.15, 0.2) is 12.4 Å². The summed E-state index contributed by atoms with van der Waals surface area (Å²) in [6, 6.07) is 0. The number of rotatable bonds is 49. The first-order valence-corrected chi connectivity index (χ1v) is 30.2. The fraction of sp³-hybridized carbons (Fsp3) is 0.860. The summed E-state index contributed by atoms with van der Waals surface area (Å²) in [5.74, 6) is -1.98. The van der Waals surface area contributed by atoms with Crippen LogP contribution in [0.3, 0.4) is 0 Å². The maximum atomic E-state index is 12.9. The number of ether oxygens (including phenoxy) is 4. The minimum absolute atomic E-state index is 0.163. The molecule has 0 aromatic heterocycles. The molecule has 1 fully saturated rings. The van der Waals surface area contributed by atoms with Crippen molar-refractivity contribution in [2.24, 2.45) is 0 Å². The van der Waals surface area contributed by atoms with Crippen LogP contribution < -0.4 is 0 Å². The number of esters is 2. The third-order valence-electron chi connectivity index (χ3n) is 13.2. The second kappa shape index (κ2) is 46.6. The number of hydrogen-bond acceptors (Lipinski definition) is 11. The summed E-state index contributed by atoms with van der Waals surface area (Å²) in [5, 5.41) is 31.0. The second-order valence-electron chi connectivity index (χ2n) is 19.9. The van der Waals surface area contributed by atoms with Crippen molar-refractivity contribution >= 4 is 22.1 Å². The Hall–Kier alpha value is -2.13. The molecule has 0 bridgehead atoms. The van der Waals surface area contributed by atoms with Crippen molar-refractivity contribution in [1.29, 1.82) is 0 Å². The Morgan fingerprint density at radius 1 is 0.486 bits per heavy atom. The third kappa shape index (κ3) is 40.4. The highest BCUT2D eigenvalue weighted by molar-refractivity contribution is 7.85. The molecule has 1 rings (SSSR count). The molecule has 1 saturated heterocycles. The van der Waals surface area contributed by atoms with E-state index in [2.05, 4.69) is 50.3 Å². The van der Waals surface area contributed by atoms with Gasteiger partial charge in [0, 0.05) is 12.8 Å². The van der Waals surface area contributed by atoms with Gasteiger partial charge in [0.2, 0.25) is 0 Å². The highest BCUT2D eigenvalue weighted by Gasteiger charge is 2.46. The van der Waals surface area contributed by atoms with Crippen LogP contribution in [0.4, 0.5) is 0 Å². The number of aliphatic hydroxyl groups excluding tert-OH is 3. The largest absolute Gasteiger partial charge is 0.462 e. The Morgan fingerprint density at radius 3 is 1.27 bits per heavy atom. The van der Waals surface area contributed by atoms with Crippen molar-refractivity contribution in [3.8, 4) is 0 Å². The molecule has 1 heterocycles. The molecule has 13 heteroatoms. The lowest BCUT2D eigenvalue weighted by Gasteiger charge is -2.40. The average molecular weight is 1010 g/mol. The van der Waals surface area contributed by atoms with Crippen LogP contribution in [-0.4, -0.2) is 96.0 Å². The zero-order valence-electron chi connectivity index (χ0n) is 44.4. The first-order valence-electron chi connectivity index (χ1n) is 28.5. The Morgan fingerprint density at radius 2 is 0.857 bits per heavy atom. The van der Waals surface area contributed by atoms with E-state index in [9.17, 15) is 37.9 Å². The second-order valence-corrected chi connectivity index (χ2v) is 21.4. The first kappa shape index (κ1) is 65.9. The summed E-state index contributed by atoms with van der Waals surface area (Å²) in [4.78, 5) is 25.6. The van der Waals surface area contributed by atoms with Crippen LogP contribution in [0.25, 0.3) is 0 Å². The van der Waals surface area contributed by atoms with E-state index < -0.39 is 71.2 Å². The van der Waals surface area contributed by atoms with Crippen molar-refractivity contribution in [1.82, 2.24) is 0 Å². The van der Waals surface area contributed by atoms with Crippen molar-refractivity contribution in [2.45, 2.75) is 295 Å². The summed E-state index contributed by atoms with van der Waals surface area (Å²) in [6.45, 7) is 3.79. The van der Waals surface area contributed by atoms with E-state index in [1.165, 1.54) is 167 Å². The lowest BCUT2D eigenvalue weighted by atomic mass is 10.00. The molecule has 0 amide bonds. The summed E-state index contributed by atoms with van der Waals surface area (Å²) in [5.41, 5.74) is 0. The van der Waals surface area contributed by atoms with Crippen molar-refractivity contribution < 1.29 is 56.8 Å². The van der Waals surface area contributed by atoms with Gasteiger partial charge < -0.3 is 34.3 Å². The number of carbonyl (C=O) groups is 2. The summed E-state index contributed by atoms with van der Waals surface area (Å²) >= 11 is 0. The molecule has 0 spiro atoms. The monoisotopic (exact) mass is 1010 g/mol. The molecule has 0 aromatic carbocycles. The minimum atomic E-state index is -4.61. The standard InChI is InChI=1S/C57H104O12S/c1-3-5-7-9-11-13-15-17-19-21-23-24-25-26-28-30-32-34-36-38-40-42-44-46-53(59)68-50(48-67-57-56(62)55(61)54(60)51(69-57)49-70(63,64)65)47-66-52(58)45-43-41-39-37-35-33-31-29-27-22-20-18-16-14-12-10-8-6-4-2/h15,17-18,20-21,23,50-51,54-57,60-62H,3-14,16,19,22,24-49H2,1-2H3,(H,63,64,65)/b17-15-,20-18-,23-21-. The van der Waals surface area contributed by atoms with Crippen LogP contribution in [0.1, 0.15) is 258 Å². The molecule has 12 nitrogen and oxygen atoms in total. The minimum Gasteiger partial charge on any atom is -0.462 e. The van der Waals surface area contributed by atoms with E-state index in [4.69, 9.17) is 18.9 Å². The predicted molar refractivity (Wildman–Crippen MR) is 284 cm³/mol. The number of allylic oxidation sites excluding steroid dienone is 6. The molecule has 1 aliphatic rings. The molecular formula is C57H104O12S. The van der Waals surface area contributed by atoms with Gasteiger partial charge in [-0.25, -0.2) is 0 Å². The Labute approximate surface area is 427 Å². The van der Waals surface area contributed by atoms with Gasteiger partial charge in [0.05, 0.1) is 6.61 Å². The molecule has 6 atom stereocenters. The lowest BCUT2D eigenvalue weighted by molar-refractivity contribution is -0.297. The van der Waals surface area contributed by atoms with E-state index in [0.717, 1.165) is 51.4 Å². The molecule has 0 saturated carbocycles. The molecule has 4 N–H and O–H groups in total. The number of hydrogen-bond donors (Lipinski definition) is 4. The Bertz CT molecular complexity index is 1420. The predicted octanol–water partition coefficient (Wildman–Crippen LogP) is 13.7. The van der Waals surface area contributed by atoms with Crippen LogP contribution in [0, 0.1) is 0 Å². The molecule has 6 unspecified atom stereocenters. The smallest absolute Gasteiger partial charge is 0.306 e.